The monoisotopic (exact) mass is 278 g/mol. The van der Waals surface area contributed by atoms with Gasteiger partial charge in [-0.25, -0.2) is 4.79 Å². The molecule has 0 aliphatic heterocycles. The zero-order valence-electron chi connectivity index (χ0n) is 10.0. The quantitative estimate of drug-likeness (QED) is 0.754. The standard InChI is InChI=1S/C13H11ClN2O3/c1-7(17)16-12(13(18)19)4-8-6-15-11-5-9(14)2-3-10(8)11/h2-6,15H,1H3,(H,16,17)(H,18,19)/b12-4+. The average Bonchev–Trinajstić information content (AvgIpc) is 2.70. The SMILES string of the molecule is CC(=O)N/C(=C/c1c[nH]c2cc(Cl)ccc12)C(=O)O. The van der Waals surface area contributed by atoms with Gasteiger partial charge in [0.2, 0.25) is 5.91 Å². The summed E-state index contributed by atoms with van der Waals surface area (Å²) in [6.45, 7) is 1.26. The maximum absolute atomic E-state index is 11.0. The number of aliphatic carboxylic acids is 1. The van der Waals surface area contributed by atoms with E-state index in [0.717, 1.165) is 10.9 Å². The summed E-state index contributed by atoms with van der Waals surface area (Å²) in [5.74, 6) is -1.63. The Labute approximate surface area is 113 Å². The Balaban J connectivity index is 2.48. The molecule has 0 saturated heterocycles. The summed E-state index contributed by atoms with van der Waals surface area (Å²) in [6.07, 6.45) is 3.06. The van der Waals surface area contributed by atoms with Crippen molar-refractivity contribution in [2.45, 2.75) is 6.92 Å². The van der Waals surface area contributed by atoms with Gasteiger partial charge in [0, 0.05) is 34.6 Å². The Morgan fingerprint density at radius 1 is 1.42 bits per heavy atom. The molecule has 6 heteroatoms. The van der Waals surface area contributed by atoms with E-state index in [4.69, 9.17) is 16.7 Å². The van der Waals surface area contributed by atoms with Crippen molar-refractivity contribution in [1.82, 2.24) is 10.3 Å². The van der Waals surface area contributed by atoms with Gasteiger partial charge in [-0.2, -0.15) is 0 Å². The summed E-state index contributed by atoms with van der Waals surface area (Å²) in [7, 11) is 0. The fourth-order valence-electron chi connectivity index (χ4n) is 1.74. The highest BCUT2D eigenvalue weighted by Gasteiger charge is 2.10. The second kappa shape index (κ2) is 5.16. The van der Waals surface area contributed by atoms with E-state index < -0.39 is 11.9 Å². The Bertz CT molecular complexity index is 688. The minimum absolute atomic E-state index is 0.177. The van der Waals surface area contributed by atoms with Crippen LogP contribution < -0.4 is 5.32 Å². The molecule has 0 saturated carbocycles. The molecule has 1 aromatic heterocycles. The molecule has 19 heavy (non-hydrogen) atoms. The van der Waals surface area contributed by atoms with Crippen molar-refractivity contribution in [3.63, 3.8) is 0 Å². The molecule has 0 bridgehead atoms. The lowest BCUT2D eigenvalue weighted by Crippen LogP contribution is -2.24. The van der Waals surface area contributed by atoms with Gasteiger partial charge in [0.05, 0.1) is 0 Å². The van der Waals surface area contributed by atoms with E-state index in [-0.39, 0.29) is 5.70 Å². The summed E-state index contributed by atoms with van der Waals surface area (Å²) in [6, 6.07) is 5.24. The first kappa shape index (κ1) is 13.2. The number of carbonyl (C=O) groups is 2. The van der Waals surface area contributed by atoms with Gasteiger partial charge in [-0.1, -0.05) is 17.7 Å². The van der Waals surface area contributed by atoms with E-state index in [2.05, 4.69) is 10.3 Å². The third kappa shape index (κ3) is 2.95. The van der Waals surface area contributed by atoms with E-state index in [1.165, 1.54) is 13.0 Å². The van der Waals surface area contributed by atoms with Crippen LogP contribution in [0.2, 0.25) is 5.02 Å². The molecule has 2 aromatic rings. The van der Waals surface area contributed by atoms with E-state index in [0.29, 0.717) is 10.6 Å². The van der Waals surface area contributed by atoms with E-state index >= 15 is 0 Å². The lowest BCUT2D eigenvalue weighted by molar-refractivity contribution is -0.134. The molecule has 3 N–H and O–H groups in total. The first-order valence-corrected chi connectivity index (χ1v) is 5.84. The molecular formula is C13H11ClN2O3. The van der Waals surface area contributed by atoms with Gasteiger partial charge in [-0.05, 0) is 18.2 Å². The maximum Gasteiger partial charge on any atom is 0.352 e. The highest BCUT2D eigenvalue weighted by molar-refractivity contribution is 6.31. The number of H-pyrrole nitrogens is 1. The molecule has 2 rings (SSSR count). The van der Waals surface area contributed by atoms with Crippen LogP contribution in [0.4, 0.5) is 0 Å². The number of aromatic nitrogens is 1. The van der Waals surface area contributed by atoms with Crippen molar-refractivity contribution in [3.05, 3.63) is 40.7 Å². The van der Waals surface area contributed by atoms with Crippen LogP contribution in [-0.2, 0) is 9.59 Å². The zero-order valence-corrected chi connectivity index (χ0v) is 10.8. The molecular weight excluding hydrogens is 268 g/mol. The minimum Gasteiger partial charge on any atom is -0.477 e. The normalized spacial score (nSPS) is 11.6. The number of carbonyl (C=O) groups excluding carboxylic acids is 1. The number of carboxylic acid groups (broad SMARTS) is 1. The van der Waals surface area contributed by atoms with Gasteiger partial charge in [0.25, 0.3) is 0 Å². The van der Waals surface area contributed by atoms with Gasteiger partial charge >= 0.3 is 5.97 Å². The molecule has 0 radical (unpaired) electrons. The molecule has 0 fully saturated rings. The number of hydrogen-bond acceptors (Lipinski definition) is 2. The first-order chi connectivity index (χ1) is 8.97. The second-order valence-electron chi connectivity index (χ2n) is 3.98. The van der Waals surface area contributed by atoms with Gasteiger partial charge in [0.15, 0.2) is 0 Å². The third-order valence-electron chi connectivity index (χ3n) is 2.52. The molecule has 5 nitrogen and oxygen atoms in total. The van der Waals surface area contributed by atoms with Crippen LogP contribution in [0.3, 0.4) is 0 Å². The molecule has 1 amide bonds. The molecule has 0 aliphatic rings. The lowest BCUT2D eigenvalue weighted by Gasteiger charge is -2.02. The van der Waals surface area contributed by atoms with Gasteiger partial charge in [-0.3, -0.25) is 4.79 Å². The molecule has 1 aromatic carbocycles. The third-order valence-corrected chi connectivity index (χ3v) is 2.75. The van der Waals surface area contributed by atoms with Crippen LogP contribution in [0.1, 0.15) is 12.5 Å². The van der Waals surface area contributed by atoms with Gasteiger partial charge in [0.1, 0.15) is 5.70 Å². The summed E-state index contributed by atoms with van der Waals surface area (Å²) in [5.41, 5.74) is 1.28. The number of carboxylic acids is 1. The van der Waals surface area contributed by atoms with Crippen molar-refractivity contribution in [1.29, 1.82) is 0 Å². The molecule has 1 heterocycles. The minimum atomic E-state index is -1.20. The van der Waals surface area contributed by atoms with Crippen molar-refractivity contribution >= 4 is 40.5 Å². The number of benzene rings is 1. The largest absolute Gasteiger partial charge is 0.477 e. The van der Waals surface area contributed by atoms with Crippen molar-refractivity contribution in [2.24, 2.45) is 0 Å². The molecule has 0 unspecified atom stereocenters. The van der Waals surface area contributed by atoms with Crippen molar-refractivity contribution < 1.29 is 14.7 Å². The topological polar surface area (TPSA) is 82.2 Å². The number of hydrogen-bond donors (Lipinski definition) is 3. The van der Waals surface area contributed by atoms with Crippen LogP contribution in [0.25, 0.3) is 17.0 Å². The first-order valence-electron chi connectivity index (χ1n) is 5.46. The van der Waals surface area contributed by atoms with Gasteiger partial charge < -0.3 is 15.4 Å². The fraction of sp³-hybridized carbons (Fsp3) is 0.0769. The van der Waals surface area contributed by atoms with Crippen LogP contribution in [0.15, 0.2) is 30.1 Å². The Morgan fingerprint density at radius 3 is 2.79 bits per heavy atom. The fourth-order valence-corrected chi connectivity index (χ4v) is 1.91. The summed E-state index contributed by atoms with van der Waals surface area (Å²) >= 11 is 5.87. The van der Waals surface area contributed by atoms with Gasteiger partial charge in [-0.15, -0.1) is 0 Å². The number of fused-ring (bicyclic) bond motifs is 1. The Kier molecular flexibility index (Phi) is 3.57. The van der Waals surface area contributed by atoms with E-state index in [1.807, 2.05) is 0 Å². The molecule has 98 valence electrons. The zero-order chi connectivity index (χ0) is 14.0. The van der Waals surface area contributed by atoms with E-state index in [9.17, 15) is 9.59 Å². The smallest absolute Gasteiger partial charge is 0.352 e. The predicted molar refractivity (Wildman–Crippen MR) is 72.7 cm³/mol. The van der Waals surface area contributed by atoms with Crippen LogP contribution >= 0.6 is 11.6 Å². The van der Waals surface area contributed by atoms with Crippen molar-refractivity contribution in [3.8, 4) is 0 Å². The highest BCUT2D eigenvalue weighted by Crippen LogP contribution is 2.23. The lowest BCUT2D eigenvalue weighted by atomic mass is 10.1. The van der Waals surface area contributed by atoms with E-state index in [1.54, 1.807) is 24.4 Å². The number of nitrogens with one attached hydrogen (secondary N) is 2. The highest BCUT2D eigenvalue weighted by atomic mass is 35.5. The number of rotatable bonds is 3. The van der Waals surface area contributed by atoms with Crippen LogP contribution in [0, 0.1) is 0 Å². The summed E-state index contributed by atoms with van der Waals surface area (Å²) in [4.78, 5) is 25.0. The Hall–Kier alpha value is -2.27. The van der Waals surface area contributed by atoms with Crippen molar-refractivity contribution in [2.75, 3.05) is 0 Å². The maximum atomic E-state index is 11.0. The summed E-state index contributed by atoms with van der Waals surface area (Å²) < 4.78 is 0. The average molecular weight is 279 g/mol. The number of aromatic amines is 1. The number of amides is 1. The second-order valence-corrected chi connectivity index (χ2v) is 4.41. The molecule has 0 spiro atoms. The van der Waals surface area contributed by atoms with Crippen LogP contribution in [0.5, 0.6) is 0 Å². The molecule has 0 atom stereocenters. The van der Waals surface area contributed by atoms with Crippen LogP contribution in [-0.4, -0.2) is 22.0 Å². The summed E-state index contributed by atoms with van der Waals surface area (Å²) in [5, 5.41) is 12.7. The Morgan fingerprint density at radius 2 is 2.16 bits per heavy atom. The predicted octanol–water partition coefficient (Wildman–Crippen LogP) is 2.38. The number of halogens is 1. The molecule has 0 aliphatic carbocycles.